The summed E-state index contributed by atoms with van der Waals surface area (Å²) in [5.74, 6) is -1.83. The maximum atomic E-state index is 13.8. The van der Waals surface area contributed by atoms with Crippen LogP contribution in [0.3, 0.4) is 0 Å². The van der Waals surface area contributed by atoms with E-state index in [-0.39, 0.29) is 5.56 Å². The summed E-state index contributed by atoms with van der Waals surface area (Å²) < 4.78 is 27.0. The molecule has 0 amide bonds. The van der Waals surface area contributed by atoms with Gasteiger partial charge in [-0.05, 0) is 17.7 Å². The zero-order chi connectivity index (χ0) is 14.8. The second kappa shape index (κ2) is 5.67. The van der Waals surface area contributed by atoms with E-state index in [2.05, 4.69) is 10.2 Å². The van der Waals surface area contributed by atoms with Crippen LogP contribution in [0, 0.1) is 11.6 Å². The van der Waals surface area contributed by atoms with Gasteiger partial charge in [0.2, 0.25) is 0 Å². The van der Waals surface area contributed by atoms with Crippen molar-refractivity contribution in [1.82, 2.24) is 10.2 Å². The van der Waals surface area contributed by atoms with E-state index in [1.165, 1.54) is 12.1 Å². The van der Waals surface area contributed by atoms with E-state index >= 15 is 0 Å². The summed E-state index contributed by atoms with van der Waals surface area (Å²) >= 11 is 1.16. The molecule has 106 valence electrons. The number of nitrogens with two attached hydrogens (primary N) is 1. The van der Waals surface area contributed by atoms with Crippen LogP contribution in [0.15, 0.2) is 48.5 Å². The van der Waals surface area contributed by atoms with Crippen molar-refractivity contribution < 1.29 is 8.78 Å². The smallest absolute Gasteiger partial charge is 0.169 e. The van der Waals surface area contributed by atoms with Gasteiger partial charge < -0.3 is 5.73 Å². The van der Waals surface area contributed by atoms with Crippen LogP contribution in [0.25, 0.3) is 10.6 Å². The highest BCUT2D eigenvalue weighted by molar-refractivity contribution is 7.14. The van der Waals surface area contributed by atoms with Crippen molar-refractivity contribution in [3.05, 3.63) is 70.7 Å². The Hall–Kier alpha value is -2.18. The fraction of sp³-hybridized carbons (Fsp3) is 0.0667. The number of rotatable bonds is 3. The number of benzene rings is 2. The Morgan fingerprint density at radius 1 is 0.952 bits per heavy atom. The van der Waals surface area contributed by atoms with Gasteiger partial charge in [-0.2, -0.15) is 0 Å². The van der Waals surface area contributed by atoms with Crippen LogP contribution >= 0.6 is 11.3 Å². The molecule has 0 radical (unpaired) electrons. The third kappa shape index (κ3) is 2.68. The van der Waals surface area contributed by atoms with Crippen molar-refractivity contribution in [2.75, 3.05) is 0 Å². The van der Waals surface area contributed by atoms with Gasteiger partial charge in [0.05, 0.1) is 11.6 Å². The highest BCUT2D eigenvalue weighted by Crippen LogP contribution is 2.30. The van der Waals surface area contributed by atoms with Gasteiger partial charge in [-0.25, -0.2) is 8.78 Å². The van der Waals surface area contributed by atoms with E-state index in [4.69, 9.17) is 5.73 Å². The Kier molecular flexibility index (Phi) is 3.72. The molecule has 3 rings (SSSR count). The molecule has 0 saturated carbocycles. The molecule has 1 atom stereocenters. The summed E-state index contributed by atoms with van der Waals surface area (Å²) in [5.41, 5.74) is 7.10. The van der Waals surface area contributed by atoms with Crippen molar-refractivity contribution in [3.8, 4) is 10.6 Å². The lowest BCUT2D eigenvalue weighted by molar-refractivity contribution is 0.511. The van der Waals surface area contributed by atoms with Gasteiger partial charge >= 0.3 is 0 Å². The van der Waals surface area contributed by atoms with Crippen molar-refractivity contribution in [2.24, 2.45) is 5.73 Å². The summed E-state index contributed by atoms with van der Waals surface area (Å²) in [4.78, 5) is 0. The van der Waals surface area contributed by atoms with Gasteiger partial charge in [-0.1, -0.05) is 47.7 Å². The Bertz CT molecular complexity index is 759. The standard InChI is InChI=1S/C15H11F2N3S/c16-11-8-4-7-10(12(11)17)14-19-20-15(21-14)13(18)9-5-2-1-3-6-9/h1-8,13H,18H2. The Labute approximate surface area is 124 Å². The van der Waals surface area contributed by atoms with Crippen LogP contribution in [-0.2, 0) is 0 Å². The molecule has 0 aliphatic carbocycles. The maximum absolute atomic E-state index is 13.8. The number of hydrogen-bond acceptors (Lipinski definition) is 4. The first-order valence-electron chi connectivity index (χ1n) is 6.25. The van der Waals surface area contributed by atoms with Crippen molar-refractivity contribution in [3.63, 3.8) is 0 Å². The van der Waals surface area contributed by atoms with E-state index in [1.807, 2.05) is 30.3 Å². The topological polar surface area (TPSA) is 51.8 Å². The van der Waals surface area contributed by atoms with Crippen LogP contribution < -0.4 is 5.73 Å². The average Bonchev–Trinajstić information content (AvgIpc) is 3.00. The molecule has 0 aliphatic heterocycles. The van der Waals surface area contributed by atoms with Gasteiger partial charge in [-0.3, -0.25) is 0 Å². The zero-order valence-electron chi connectivity index (χ0n) is 10.8. The molecular weight excluding hydrogens is 292 g/mol. The molecule has 1 aromatic heterocycles. The largest absolute Gasteiger partial charge is 0.318 e. The second-order valence-electron chi connectivity index (χ2n) is 4.44. The highest BCUT2D eigenvalue weighted by Gasteiger charge is 2.18. The summed E-state index contributed by atoms with van der Waals surface area (Å²) in [7, 11) is 0. The molecule has 0 aliphatic rings. The molecule has 2 N–H and O–H groups in total. The molecule has 0 spiro atoms. The van der Waals surface area contributed by atoms with Crippen molar-refractivity contribution in [1.29, 1.82) is 0 Å². The SMILES string of the molecule is NC(c1ccccc1)c1nnc(-c2cccc(F)c2F)s1. The van der Waals surface area contributed by atoms with Crippen LogP contribution in [0.1, 0.15) is 16.6 Å². The normalized spacial score (nSPS) is 12.3. The molecule has 1 heterocycles. The quantitative estimate of drug-likeness (QED) is 0.805. The summed E-state index contributed by atoms with van der Waals surface area (Å²) in [6.07, 6.45) is 0. The lowest BCUT2D eigenvalue weighted by Gasteiger charge is -2.07. The number of halogens is 2. The highest BCUT2D eigenvalue weighted by atomic mass is 32.1. The lowest BCUT2D eigenvalue weighted by atomic mass is 10.1. The minimum Gasteiger partial charge on any atom is -0.318 e. The summed E-state index contributed by atoms with van der Waals surface area (Å²) in [6, 6.07) is 13.0. The number of hydrogen-bond donors (Lipinski definition) is 1. The molecule has 0 fully saturated rings. The fourth-order valence-electron chi connectivity index (χ4n) is 1.94. The van der Waals surface area contributed by atoms with Gasteiger partial charge in [0.15, 0.2) is 16.6 Å². The first-order chi connectivity index (χ1) is 10.2. The van der Waals surface area contributed by atoms with E-state index in [1.54, 1.807) is 0 Å². The van der Waals surface area contributed by atoms with Crippen molar-refractivity contribution in [2.45, 2.75) is 6.04 Å². The van der Waals surface area contributed by atoms with Crippen LogP contribution in [0.2, 0.25) is 0 Å². The molecule has 6 heteroatoms. The lowest BCUT2D eigenvalue weighted by Crippen LogP contribution is -2.11. The van der Waals surface area contributed by atoms with Crippen LogP contribution in [0.4, 0.5) is 8.78 Å². The van der Waals surface area contributed by atoms with E-state index < -0.39 is 17.7 Å². The minimum atomic E-state index is -0.923. The molecule has 1 unspecified atom stereocenters. The van der Waals surface area contributed by atoms with E-state index in [0.717, 1.165) is 23.0 Å². The van der Waals surface area contributed by atoms with Gasteiger partial charge in [-0.15, -0.1) is 10.2 Å². The first-order valence-corrected chi connectivity index (χ1v) is 7.07. The summed E-state index contributed by atoms with van der Waals surface area (Å²) in [5, 5.41) is 8.78. The molecule has 0 saturated heterocycles. The zero-order valence-corrected chi connectivity index (χ0v) is 11.6. The minimum absolute atomic E-state index is 0.0963. The Balaban J connectivity index is 1.95. The van der Waals surface area contributed by atoms with Gasteiger partial charge in [0, 0.05) is 0 Å². The average molecular weight is 303 g/mol. The van der Waals surface area contributed by atoms with Crippen molar-refractivity contribution >= 4 is 11.3 Å². The third-order valence-electron chi connectivity index (χ3n) is 3.05. The van der Waals surface area contributed by atoms with Gasteiger partial charge in [0.25, 0.3) is 0 Å². The van der Waals surface area contributed by atoms with E-state index in [9.17, 15) is 8.78 Å². The molecule has 2 aromatic carbocycles. The predicted octanol–water partition coefficient (Wildman–Crippen LogP) is 3.53. The summed E-state index contributed by atoms with van der Waals surface area (Å²) in [6.45, 7) is 0. The number of aromatic nitrogens is 2. The number of nitrogens with zero attached hydrogens (tertiary/aromatic N) is 2. The molecule has 3 nitrogen and oxygen atoms in total. The first kappa shape index (κ1) is 13.8. The predicted molar refractivity (Wildman–Crippen MR) is 77.7 cm³/mol. The van der Waals surface area contributed by atoms with Crippen LogP contribution in [-0.4, -0.2) is 10.2 Å². The third-order valence-corrected chi connectivity index (χ3v) is 4.09. The molecule has 3 aromatic rings. The molecular formula is C15H11F2N3S. The molecule has 0 bridgehead atoms. The maximum Gasteiger partial charge on any atom is 0.169 e. The Morgan fingerprint density at radius 3 is 2.48 bits per heavy atom. The van der Waals surface area contributed by atoms with E-state index in [0.29, 0.717) is 10.0 Å². The fourth-order valence-corrected chi connectivity index (χ4v) is 2.83. The van der Waals surface area contributed by atoms with Crippen LogP contribution in [0.5, 0.6) is 0 Å². The Morgan fingerprint density at radius 2 is 1.71 bits per heavy atom. The second-order valence-corrected chi connectivity index (χ2v) is 5.44. The monoisotopic (exact) mass is 303 g/mol. The molecule has 21 heavy (non-hydrogen) atoms. The van der Waals surface area contributed by atoms with Gasteiger partial charge in [0.1, 0.15) is 5.01 Å².